The fourth-order valence-corrected chi connectivity index (χ4v) is 7.72. The molecule has 4 aliphatic rings. The monoisotopic (exact) mass is 662 g/mol. The number of nitrogens with one attached hydrogen (secondary N) is 1. The zero-order valence-electron chi connectivity index (χ0n) is 25.6. The number of carbonyl (C=O) groups excluding carboxylic acids is 3. The zero-order valence-corrected chi connectivity index (χ0v) is 27.1. The number of benzene rings is 2. The third kappa shape index (κ3) is 8.52. The van der Waals surface area contributed by atoms with Crippen LogP contribution in [0, 0.1) is 0 Å². The van der Waals surface area contributed by atoms with E-state index in [2.05, 4.69) is 10.3 Å². The van der Waals surface area contributed by atoms with Crippen molar-refractivity contribution in [3.8, 4) is 0 Å². The number of sulfone groups is 1. The minimum atomic E-state index is -3.87. The molecule has 0 aromatic heterocycles. The van der Waals surface area contributed by atoms with Crippen molar-refractivity contribution >= 4 is 49.9 Å². The summed E-state index contributed by atoms with van der Waals surface area (Å²) < 4.78 is 25.7. The highest BCUT2D eigenvalue weighted by molar-refractivity contribution is 7.91. The van der Waals surface area contributed by atoms with Crippen LogP contribution in [0.1, 0.15) is 38.5 Å². The van der Waals surface area contributed by atoms with Crippen molar-refractivity contribution < 1.29 is 27.9 Å². The Morgan fingerprint density at radius 3 is 1.93 bits per heavy atom. The van der Waals surface area contributed by atoms with E-state index in [1.54, 1.807) is 29.3 Å². The molecule has 4 heterocycles. The van der Waals surface area contributed by atoms with Crippen LogP contribution in [0.4, 0.5) is 0 Å². The van der Waals surface area contributed by atoms with Gasteiger partial charge in [-0.1, -0.05) is 23.7 Å². The fourth-order valence-electron chi connectivity index (χ4n) is 6.21. The first kappa shape index (κ1) is 33.6. The zero-order chi connectivity index (χ0) is 32.0. The molecule has 0 saturated carbocycles. The third-order valence-corrected chi connectivity index (χ3v) is 10.7. The first-order chi connectivity index (χ1) is 21.6. The Balaban J connectivity index is 0.000000256. The van der Waals surface area contributed by atoms with Crippen LogP contribution >= 0.6 is 11.6 Å². The summed E-state index contributed by atoms with van der Waals surface area (Å²) in [4.78, 5) is 37.9. The summed E-state index contributed by atoms with van der Waals surface area (Å²) in [6.45, 7) is 7.19. The maximum atomic E-state index is 12.8. The van der Waals surface area contributed by atoms with Gasteiger partial charge in [0.2, 0.25) is 11.8 Å². The topological polar surface area (TPSA) is 134 Å². The van der Waals surface area contributed by atoms with Gasteiger partial charge in [0.25, 0.3) is 5.91 Å². The molecule has 2 aromatic rings. The number of piperazine rings is 2. The SMILES string of the molecule is O=C([C@H](O)CS(=O)(=O)c1ccc2cc(Cl)ccc2c1)N1CCN(N2CCCCC2=O)CC1.O=C1CCCCN1N1CCNCC1. The molecule has 3 amide bonds. The van der Waals surface area contributed by atoms with E-state index in [0.29, 0.717) is 55.5 Å². The van der Waals surface area contributed by atoms with E-state index in [1.165, 1.54) is 17.0 Å². The molecule has 12 nitrogen and oxygen atoms in total. The van der Waals surface area contributed by atoms with Crippen LogP contribution in [-0.4, -0.2) is 133 Å². The van der Waals surface area contributed by atoms with Gasteiger partial charge >= 0.3 is 0 Å². The number of carbonyl (C=O) groups is 3. The van der Waals surface area contributed by atoms with Crippen molar-refractivity contribution in [2.45, 2.75) is 49.5 Å². The molecular formula is C31H43ClN6O6S. The molecule has 2 aromatic carbocycles. The van der Waals surface area contributed by atoms with Crippen LogP contribution in [0.2, 0.25) is 5.02 Å². The molecule has 0 radical (unpaired) electrons. The van der Waals surface area contributed by atoms with E-state index in [1.807, 2.05) is 10.0 Å². The van der Waals surface area contributed by atoms with Gasteiger partial charge in [-0.25, -0.2) is 18.4 Å². The summed E-state index contributed by atoms with van der Waals surface area (Å²) in [7, 11) is -3.87. The summed E-state index contributed by atoms with van der Waals surface area (Å²) in [5.74, 6) is -0.880. The van der Waals surface area contributed by atoms with E-state index in [0.717, 1.165) is 70.2 Å². The minimum Gasteiger partial charge on any atom is -0.382 e. The van der Waals surface area contributed by atoms with Gasteiger partial charge in [0.05, 0.1) is 10.6 Å². The van der Waals surface area contributed by atoms with E-state index in [9.17, 15) is 27.9 Å². The highest BCUT2D eigenvalue weighted by atomic mass is 35.5. The van der Waals surface area contributed by atoms with E-state index < -0.39 is 27.6 Å². The van der Waals surface area contributed by atoms with Crippen LogP contribution in [0.25, 0.3) is 10.8 Å². The van der Waals surface area contributed by atoms with Crippen molar-refractivity contribution in [2.75, 3.05) is 71.2 Å². The first-order valence-electron chi connectivity index (χ1n) is 15.8. The highest BCUT2D eigenvalue weighted by Gasteiger charge is 2.33. The number of halogens is 1. The third-order valence-electron chi connectivity index (χ3n) is 8.74. The van der Waals surface area contributed by atoms with Crippen molar-refractivity contribution in [2.24, 2.45) is 0 Å². The van der Waals surface area contributed by atoms with Gasteiger partial charge in [0.15, 0.2) is 9.84 Å². The number of hydrogen-bond donors (Lipinski definition) is 2. The van der Waals surface area contributed by atoms with Gasteiger partial charge in [-0.2, -0.15) is 0 Å². The lowest BCUT2D eigenvalue weighted by Gasteiger charge is -2.42. The number of rotatable bonds is 6. The summed E-state index contributed by atoms with van der Waals surface area (Å²) in [5.41, 5.74) is 0. The molecule has 0 unspecified atom stereocenters. The van der Waals surface area contributed by atoms with Crippen LogP contribution in [0.5, 0.6) is 0 Å². The quantitative estimate of drug-likeness (QED) is 0.472. The Bertz CT molecular complexity index is 1480. The van der Waals surface area contributed by atoms with Crippen molar-refractivity contribution in [1.29, 1.82) is 0 Å². The lowest BCUT2D eigenvalue weighted by Crippen LogP contribution is -2.58. The maximum Gasteiger partial charge on any atom is 0.252 e. The van der Waals surface area contributed by atoms with Gasteiger partial charge < -0.3 is 15.3 Å². The maximum absolute atomic E-state index is 12.8. The van der Waals surface area contributed by atoms with Gasteiger partial charge in [-0.05, 0) is 60.7 Å². The standard InChI is InChI=1S/C22H26ClN3O5S.C9H17N3O/c23-18-6-4-17-14-19(7-5-16(17)13-18)32(30,31)15-20(27)22(29)24-9-11-25(12-10-24)26-8-2-1-3-21(26)28;13-9-3-1-2-6-12(9)11-7-4-10-5-8-11/h4-7,13-14,20,27H,1-3,8-12,15H2;10H,1-8H2/t20-;/m1./s1. The van der Waals surface area contributed by atoms with Crippen molar-refractivity contribution in [3.05, 3.63) is 41.4 Å². The Morgan fingerprint density at radius 1 is 0.778 bits per heavy atom. The molecule has 246 valence electrons. The van der Waals surface area contributed by atoms with Crippen LogP contribution in [0.3, 0.4) is 0 Å². The van der Waals surface area contributed by atoms with Gasteiger partial charge in [0.1, 0.15) is 6.10 Å². The van der Waals surface area contributed by atoms with Gasteiger partial charge in [-0.15, -0.1) is 0 Å². The minimum absolute atomic E-state index is 0.0487. The Morgan fingerprint density at radius 2 is 1.33 bits per heavy atom. The summed E-state index contributed by atoms with van der Waals surface area (Å²) in [6.07, 6.45) is 3.73. The van der Waals surface area contributed by atoms with Crippen molar-refractivity contribution in [1.82, 2.24) is 30.3 Å². The highest BCUT2D eigenvalue weighted by Crippen LogP contribution is 2.24. The molecule has 4 aliphatic heterocycles. The number of aliphatic hydroxyl groups is 1. The molecule has 14 heteroatoms. The number of aliphatic hydroxyl groups excluding tert-OH is 1. The predicted octanol–water partition coefficient (Wildman–Crippen LogP) is 1.52. The van der Waals surface area contributed by atoms with E-state index in [4.69, 9.17) is 11.6 Å². The van der Waals surface area contributed by atoms with Crippen LogP contribution in [0.15, 0.2) is 41.3 Å². The Kier molecular flexibility index (Phi) is 11.3. The largest absolute Gasteiger partial charge is 0.382 e. The number of hydrogen-bond acceptors (Lipinski definition) is 9. The smallest absolute Gasteiger partial charge is 0.252 e. The molecule has 0 bridgehead atoms. The second-order valence-corrected chi connectivity index (χ2v) is 14.4. The molecule has 0 spiro atoms. The molecule has 6 rings (SSSR count). The second kappa shape index (κ2) is 15.2. The molecule has 45 heavy (non-hydrogen) atoms. The number of nitrogens with zero attached hydrogens (tertiary/aromatic N) is 5. The average molecular weight is 663 g/mol. The van der Waals surface area contributed by atoms with Gasteiger partial charge in [-0.3, -0.25) is 24.4 Å². The number of amides is 3. The Labute approximate surface area is 269 Å². The molecule has 4 saturated heterocycles. The van der Waals surface area contributed by atoms with E-state index in [-0.39, 0.29) is 10.8 Å². The van der Waals surface area contributed by atoms with E-state index >= 15 is 0 Å². The molecule has 0 aliphatic carbocycles. The Hall–Kier alpha value is -2.81. The number of piperidine rings is 2. The molecular weight excluding hydrogens is 620 g/mol. The van der Waals surface area contributed by atoms with Crippen LogP contribution < -0.4 is 5.32 Å². The normalized spacial score (nSPS) is 21.4. The summed E-state index contributed by atoms with van der Waals surface area (Å²) in [5, 5.41) is 23.6. The van der Waals surface area contributed by atoms with Crippen LogP contribution in [-0.2, 0) is 24.2 Å². The summed E-state index contributed by atoms with van der Waals surface area (Å²) >= 11 is 5.97. The number of hydrazine groups is 2. The first-order valence-corrected chi connectivity index (χ1v) is 17.9. The van der Waals surface area contributed by atoms with Crippen molar-refractivity contribution in [3.63, 3.8) is 0 Å². The summed E-state index contributed by atoms with van der Waals surface area (Å²) in [6, 6.07) is 9.78. The fraction of sp³-hybridized carbons (Fsp3) is 0.581. The van der Waals surface area contributed by atoms with Gasteiger partial charge in [0, 0.05) is 83.3 Å². The average Bonchev–Trinajstić information content (AvgIpc) is 3.05. The predicted molar refractivity (Wildman–Crippen MR) is 171 cm³/mol. The lowest BCUT2D eigenvalue weighted by atomic mass is 10.1. The molecule has 1 atom stereocenters. The molecule has 2 N–H and O–H groups in total. The molecule has 4 fully saturated rings. The second-order valence-electron chi connectivity index (χ2n) is 11.9. The lowest BCUT2D eigenvalue weighted by molar-refractivity contribution is -0.159. The number of fused-ring (bicyclic) bond motifs is 1.